The molecule has 0 unspecified atom stereocenters. The van der Waals surface area contributed by atoms with Crippen molar-refractivity contribution in [3.05, 3.63) is 51.3 Å². The number of aliphatic hydroxyl groups excluding tert-OH is 1. The van der Waals surface area contributed by atoms with Gasteiger partial charge < -0.3 is 20.1 Å². The lowest BCUT2D eigenvalue weighted by Gasteiger charge is -2.09. The number of hydrogen-bond acceptors (Lipinski definition) is 4. The molecule has 1 heterocycles. The molecule has 0 aliphatic carbocycles. The predicted octanol–water partition coefficient (Wildman–Crippen LogP) is 3.44. The van der Waals surface area contributed by atoms with E-state index < -0.39 is 24.6 Å². The molecule has 3 N–H and O–H groups in total. The molecule has 0 radical (unpaired) electrons. The van der Waals surface area contributed by atoms with Gasteiger partial charge in [-0.3, -0.25) is 4.79 Å². The number of benzene rings is 1. The predicted molar refractivity (Wildman–Crippen MR) is 96.0 cm³/mol. The van der Waals surface area contributed by atoms with Crippen molar-refractivity contribution in [2.45, 2.75) is 33.8 Å². The maximum Gasteiger partial charge on any atom is 0.355 e. The standard InChI is InChI=1S/C18H21ClN2O4/c1-9-5-6-13(19)7-14(9)21-15(23)8-25-18(24)17-10(2)16(12(4)22)11(3)20-17/h5-7,12,20,22H,8H2,1-4H3,(H,21,23)/t12-/m1/s1. The third kappa shape index (κ3) is 4.41. The minimum absolute atomic E-state index is 0.236. The summed E-state index contributed by atoms with van der Waals surface area (Å²) in [6, 6.07) is 5.14. The Hall–Kier alpha value is -2.31. The number of esters is 1. The van der Waals surface area contributed by atoms with Crippen LogP contribution in [0.5, 0.6) is 0 Å². The van der Waals surface area contributed by atoms with Gasteiger partial charge in [-0.25, -0.2) is 4.79 Å². The first-order chi connectivity index (χ1) is 11.7. The Morgan fingerprint density at radius 2 is 2.00 bits per heavy atom. The van der Waals surface area contributed by atoms with Crippen LogP contribution in [0.4, 0.5) is 5.69 Å². The number of aromatic nitrogens is 1. The second-order valence-electron chi connectivity index (χ2n) is 5.92. The molecule has 0 aliphatic rings. The van der Waals surface area contributed by atoms with Crippen LogP contribution in [0.1, 0.15) is 45.9 Å². The molecular formula is C18H21ClN2O4. The molecule has 1 aromatic carbocycles. The van der Waals surface area contributed by atoms with Crippen molar-refractivity contribution < 1.29 is 19.4 Å². The molecule has 0 fully saturated rings. The number of rotatable bonds is 5. The molecule has 0 spiro atoms. The van der Waals surface area contributed by atoms with Gasteiger partial charge in [-0.15, -0.1) is 0 Å². The van der Waals surface area contributed by atoms with E-state index in [4.69, 9.17) is 16.3 Å². The first-order valence-corrected chi connectivity index (χ1v) is 8.18. The smallest absolute Gasteiger partial charge is 0.355 e. The Labute approximate surface area is 151 Å². The number of carbonyl (C=O) groups is 2. The number of H-pyrrole nitrogens is 1. The van der Waals surface area contributed by atoms with E-state index in [0.717, 1.165) is 5.56 Å². The zero-order chi connectivity index (χ0) is 18.7. The minimum Gasteiger partial charge on any atom is -0.451 e. The van der Waals surface area contributed by atoms with E-state index in [0.29, 0.717) is 27.5 Å². The summed E-state index contributed by atoms with van der Waals surface area (Å²) in [7, 11) is 0. The Morgan fingerprint density at radius 3 is 2.60 bits per heavy atom. The highest BCUT2D eigenvalue weighted by Crippen LogP contribution is 2.25. The van der Waals surface area contributed by atoms with Gasteiger partial charge in [0.05, 0.1) is 6.10 Å². The van der Waals surface area contributed by atoms with Crippen LogP contribution in [0.2, 0.25) is 5.02 Å². The molecule has 1 atom stereocenters. The van der Waals surface area contributed by atoms with Gasteiger partial charge in [0.2, 0.25) is 0 Å². The number of nitrogens with one attached hydrogen (secondary N) is 2. The minimum atomic E-state index is -0.702. The van der Waals surface area contributed by atoms with Crippen LogP contribution in [0.3, 0.4) is 0 Å². The second kappa shape index (κ2) is 7.72. The molecular weight excluding hydrogens is 344 g/mol. The quantitative estimate of drug-likeness (QED) is 0.709. The third-order valence-corrected chi connectivity index (χ3v) is 4.16. The van der Waals surface area contributed by atoms with Crippen molar-refractivity contribution in [2.75, 3.05) is 11.9 Å². The highest BCUT2D eigenvalue weighted by Gasteiger charge is 2.21. The number of amides is 1. The van der Waals surface area contributed by atoms with Crippen LogP contribution < -0.4 is 5.32 Å². The average Bonchev–Trinajstić information content (AvgIpc) is 2.83. The number of aliphatic hydroxyl groups is 1. The number of carbonyl (C=O) groups excluding carboxylic acids is 2. The summed E-state index contributed by atoms with van der Waals surface area (Å²) in [5, 5.41) is 12.9. The summed E-state index contributed by atoms with van der Waals surface area (Å²) in [6.07, 6.45) is -0.702. The summed E-state index contributed by atoms with van der Waals surface area (Å²) < 4.78 is 5.06. The van der Waals surface area contributed by atoms with Crippen molar-refractivity contribution in [2.24, 2.45) is 0 Å². The van der Waals surface area contributed by atoms with E-state index in [1.54, 1.807) is 39.0 Å². The number of ether oxygens (including phenoxy) is 1. The van der Waals surface area contributed by atoms with Gasteiger partial charge in [0.1, 0.15) is 5.69 Å². The maximum absolute atomic E-state index is 12.2. The van der Waals surface area contributed by atoms with Crippen LogP contribution in [0.15, 0.2) is 18.2 Å². The zero-order valence-electron chi connectivity index (χ0n) is 14.6. The summed E-state index contributed by atoms with van der Waals surface area (Å²) in [6.45, 7) is 6.52. The average molecular weight is 365 g/mol. The van der Waals surface area contributed by atoms with Crippen LogP contribution in [0.25, 0.3) is 0 Å². The molecule has 0 bridgehead atoms. The summed E-state index contributed by atoms with van der Waals surface area (Å²) >= 11 is 5.91. The molecule has 0 saturated heterocycles. The summed E-state index contributed by atoms with van der Waals surface area (Å²) in [5.41, 5.74) is 3.62. The monoisotopic (exact) mass is 364 g/mol. The molecule has 25 heavy (non-hydrogen) atoms. The summed E-state index contributed by atoms with van der Waals surface area (Å²) in [5.74, 6) is -1.11. The van der Waals surface area contributed by atoms with Crippen molar-refractivity contribution in [1.82, 2.24) is 4.98 Å². The van der Waals surface area contributed by atoms with Crippen LogP contribution in [0, 0.1) is 20.8 Å². The fourth-order valence-corrected chi connectivity index (χ4v) is 2.89. The fourth-order valence-electron chi connectivity index (χ4n) is 2.71. The number of hydrogen-bond donors (Lipinski definition) is 3. The molecule has 0 aliphatic heterocycles. The van der Waals surface area contributed by atoms with Crippen molar-refractivity contribution in [1.29, 1.82) is 0 Å². The van der Waals surface area contributed by atoms with Gasteiger partial charge in [0, 0.05) is 22.0 Å². The van der Waals surface area contributed by atoms with E-state index in [-0.39, 0.29) is 5.69 Å². The topological polar surface area (TPSA) is 91.4 Å². The molecule has 134 valence electrons. The third-order valence-electron chi connectivity index (χ3n) is 3.93. The first kappa shape index (κ1) is 19.0. The number of aromatic amines is 1. The van der Waals surface area contributed by atoms with Crippen molar-refractivity contribution in [3.8, 4) is 0 Å². The zero-order valence-corrected chi connectivity index (χ0v) is 15.3. The van der Waals surface area contributed by atoms with E-state index in [1.807, 2.05) is 6.92 Å². The number of halogens is 1. The summed E-state index contributed by atoms with van der Waals surface area (Å²) in [4.78, 5) is 27.1. The lowest BCUT2D eigenvalue weighted by molar-refractivity contribution is -0.119. The molecule has 1 amide bonds. The van der Waals surface area contributed by atoms with Crippen LogP contribution in [-0.4, -0.2) is 28.6 Å². The molecule has 2 rings (SSSR count). The highest BCUT2D eigenvalue weighted by atomic mass is 35.5. The first-order valence-electron chi connectivity index (χ1n) is 7.81. The second-order valence-corrected chi connectivity index (χ2v) is 6.36. The maximum atomic E-state index is 12.2. The SMILES string of the molecule is Cc1ccc(Cl)cc1NC(=O)COC(=O)c1[nH]c(C)c([C@@H](C)O)c1C. The van der Waals surface area contributed by atoms with Crippen molar-refractivity contribution >= 4 is 29.2 Å². The Kier molecular flexibility index (Phi) is 5.87. The molecule has 0 saturated carbocycles. The van der Waals surface area contributed by atoms with E-state index in [1.165, 1.54) is 0 Å². The number of anilines is 1. The van der Waals surface area contributed by atoms with Gasteiger partial charge in [0.25, 0.3) is 5.91 Å². The Bertz CT molecular complexity index is 812. The van der Waals surface area contributed by atoms with Crippen LogP contribution >= 0.6 is 11.6 Å². The lowest BCUT2D eigenvalue weighted by Crippen LogP contribution is -2.21. The van der Waals surface area contributed by atoms with Gasteiger partial charge >= 0.3 is 5.97 Å². The molecule has 7 heteroatoms. The highest BCUT2D eigenvalue weighted by molar-refractivity contribution is 6.31. The van der Waals surface area contributed by atoms with E-state index >= 15 is 0 Å². The van der Waals surface area contributed by atoms with Gasteiger partial charge in [-0.2, -0.15) is 0 Å². The van der Waals surface area contributed by atoms with Crippen molar-refractivity contribution in [3.63, 3.8) is 0 Å². The fraction of sp³-hybridized carbons (Fsp3) is 0.333. The van der Waals surface area contributed by atoms with Gasteiger partial charge in [-0.05, 0) is 51.0 Å². The molecule has 6 nitrogen and oxygen atoms in total. The Balaban J connectivity index is 2.01. The normalized spacial score (nSPS) is 11.9. The molecule has 1 aromatic heterocycles. The lowest BCUT2D eigenvalue weighted by atomic mass is 10.1. The molecule has 2 aromatic rings. The Morgan fingerprint density at radius 1 is 1.32 bits per heavy atom. The largest absolute Gasteiger partial charge is 0.451 e. The van der Waals surface area contributed by atoms with E-state index in [9.17, 15) is 14.7 Å². The van der Waals surface area contributed by atoms with E-state index in [2.05, 4.69) is 10.3 Å². The van der Waals surface area contributed by atoms with Gasteiger partial charge in [0.15, 0.2) is 6.61 Å². The van der Waals surface area contributed by atoms with Crippen LogP contribution in [-0.2, 0) is 9.53 Å². The van der Waals surface area contributed by atoms with Gasteiger partial charge in [-0.1, -0.05) is 17.7 Å². The number of aryl methyl sites for hydroxylation is 2.